The first-order valence-electron chi connectivity index (χ1n) is 4.57. The van der Waals surface area contributed by atoms with Crippen molar-refractivity contribution in [2.75, 3.05) is 0 Å². The van der Waals surface area contributed by atoms with Gasteiger partial charge in [-0.25, -0.2) is 9.67 Å². The molecule has 17 heavy (non-hydrogen) atoms. The summed E-state index contributed by atoms with van der Waals surface area (Å²) >= 11 is 14.9. The average Bonchev–Trinajstić information content (AvgIpc) is 2.84. The summed E-state index contributed by atoms with van der Waals surface area (Å²) in [7, 11) is 0. The third-order valence-electron chi connectivity index (χ3n) is 2.09. The molecule has 0 saturated carbocycles. The molecule has 0 fully saturated rings. The van der Waals surface area contributed by atoms with Gasteiger partial charge in [-0.05, 0) is 18.2 Å². The largest absolute Gasteiger partial charge is 0.291 e. The maximum atomic E-state index is 12.1. The summed E-state index contributed by atoms with van der Waals surface area (Å²) in [6.45, 7) is 0. The fourth-order valence-electron chi connectivity index (χ4n) is 1.24. The van der Waals surface area contributed by atoms with Crippen LogP contribution in [0.5, 0.6) is 0 Å². The Morgan fingerprint density at radius 2 is 2.12 bits per heavy atom. The lowest BCUT2D eigenvalue weighted by atomic mass is 10.1. The SMILES string of the molecule is O=C(c1ccc(Cl)c(Cl)c1)C(Br)n1cncn1. The molecule has 0 bridgehead atoms. The molecule has 2 rings (SSSR count). The minimum atomic E-state index is -0.609. The zero-order valence-electron chi connectivity index (χ0n) is 8.35. The van der Waals surface area contributed by atoms with E-state index >= 15 is 0 Å². The van der Waals surface area contributed by atoms with Gasteiger partial charge in [-0.2, -0.15) is 5.10 Å². The minimum absolute atomic E-state index is 0.172. The Hall–Kier alpha value is -0.910. The molecule has 1 heterocycles. The monoisotopic (exact) mass is 333 g/mol. The van der Waals surface area contributed by atoms with Crippen LogP contribution in [0.25, 0.3) is 0 Å². The van der Waals surface area contributed by atoms with Crippen molar-refractivity contribution < 1.29 is 4.79 Å². The van der Waals surface area contributed by atoms with E-state index in [9.17, 15) is 4.79 Å². The number of benzene rings is 1. The molecular weight excluding hydrogens is 329 g/mol. The normalized spacial score (nSPS) is 12.4. The number of alkyl halides is 1. The van der Waals surface area contributed by atoms with Crippen molar-refractivity contribution in [2.24, 2.45) is 0 Å². The summed E-state index contributed by atoms with van der Waals surface area (Å²) in [5.74, 6) is -0.172. The van der Waals surface area contributed by atoms with E-state index in [0.717, 1.165) is 0 Å². The summed E-state index contributed by atoms with van der Waals surface area (Å²) in [6, 6.07) is 4.72. The molecule has 0 amide bonds. The summed E-state index contributed by atoms with van der Waals surface area (Å²) in [6.07, 6.45) is 2.81. The third-order valence-corrected chi connectivity index (χ3v) is 3.66. The number of carbonyl (C=O) groups is 1. The average molecular weight is 335 g/mol. The first-order valence-corrected chi connectivity index (χ1v) is 6.24. The van der Waals surface area contributed by atoms with Gasteiger partial charge in [0.15, 0.2) is 10.7 Å². The number of carbonyl (C=O) groups excluding carboxylic acids is 1. The topological polar surface area (TPSA) is 47.8 Å². The molecule has 0 spiro atoms. The lowest BCUT2D eigenvalue weighted by Crippen LogP contribution is -2.14. The first-order chi connectivity index (χ1) is 8.09. The second kappa shape index (κ2) is 5.16. The molecule has 7 heteroatoms. The van der Waals surface area contributed by atoms with Gasteiger partial charge >= 0.3 is 0 Å². The van der Waals surface area contributed by atoms with E-state index < -0.39 is 4.95 Å². The number of rotatable bonds is 3. The highest BCUT2D eigenvalue weighted by Gasteiger charge is 2.19. The maximum absolute atomic E-state index is 12.1. The smallest absolute Gasteiger partial charge is 0.198 e. The highest BCUT2D eigenvalue weighted by molar-refractivity contribution is 9.09. The van der Waals surface area contributed by atoms with Crippen LogP contribution in [-0.2, 0) is 0 Å². The Morgan fingerprint density at radius 3 is 2.71 bits per heavy atom. The van der Waals surface area contributed by atoms with Gasteiger partial charge in [-0.3, -0.25) is 4.79 Å². The molecule has 0 aliphatic heterocycles. The van der Waals surface area contributed by atoms with E-state index in [-0.39, 0.29) is 5.78 Å². The number of halogens is 3. The van der Waals surface area contributed by atoms with Crippen LogP contribution in [0, 0.1) is 0 Å². The van der Waals surface area contributed by atoms with Crippen LogP contribution in [0.2, 0.25) is 10.0 Å². The Morgan fingerprint density at radius 1 is 1.35 bits per heavy atom. The van der Waals surface area contributed by atoms with Gasteiger partial charge in [0, 0.05) is 5.56 Å². The first kappa shape index (κ1) is 12.5. The minimum Gasteiger partial charge on any atom is -0.291 e. The number of aromatic nitrogens is 3. The molecule has 88 valence electrons. The predicted molar refractivity (Wildman–Crippen MR) is 68.8 cm³/mol. The quantitative estimate of drug-likeness (QED) is 0.638. The summed E-state index contributed by atoms with van der Waals surface area (Å²) in [5, 5.41) is 4.64. The van der Waals surface area contributed by atoms with Gasteiger partial charge in [0.1, 0.15) is 12.7 Å². The van der Waals surface area contributed by atoms with E-state index in [1.165, 1.54) is 23.4 Å². The molecule has 0 N–H and O–H groups in total. The highest BCUT2D eigenvalue weighted by atomic mass is 79.9. The van der Waals surface area contributed by atoms with Gasteiger partial charge in [-0.15, -0.1) is 0 Å². The molecule has 2 aromatic rings. The van der Waals surface area contributed by atoms with Gasteiger partial charge in [-0.1, -0.05) is 39.1 Å². The van der Waals surface area contributed by atoms with Crippen LogP contribution in [0.4, 0.5) is 0 Å². The molecular formula is C10H6BrCl2N3O. The molecule has 0 aliphatic carbocycles. The highest BCUT2D eigenvalue weighted by Crippen LogP contribution is 2.26. The van der Waals surface area contributed by atoms with Crippen molar-refractivity contribution in [1.82, 2.24) is 14.8 Å². The molecule has 0 aliphatic rings. The Balaban J connectivity index is 2.28. The zero-order chi connectivity index (χ0) is 12.4. The Bertz CT molecular complexity index is 544. The third kappa shape index (κ3) is 2.68. The Labute approximate surface area is 116 Å². The van der Waals surface area contributed by atoms with Crippen molar-refractivity contribution in [1.29, 1.82) is 0 Å². The van der Waals surface area contributed by atoms with Crippen LogP contribution in [0.1, 0.15) is 15.3 Å². The standard InChI is InChI=1S/C10H6BrCl2N3O/c11-10(16-5-14-4-15-16)9(17)6-1-2-7(12)8(13)3-6/h1-5,10H. The second-order valence-electron chi connectivity index (χ2n) is 3.20. The molecule has 0 radical (unpaired) electrons. The summed E-state index contributed by atoms with van der Waals surface area (Å²) in [4.78, 5) is 15.2. The molecule has 1 aromatic heterocycles. The number of hydrogen-bond donors (Lipinski definition) is 0. The number of ketones is 1. The maximum Gasteiger partial charge on any atom is 0.198 e. The van der Waals surface area contributed by atoms with Crippen molar-refractivity contribution in [2.45, 2.75) is 4.95 Å². The van der Waals surface area contributed by atoms with E-state index in [1.807, 2.05) is 0 Å². The van der Waals surface area contributed by atoms with Gasteiger partial charge in [0.25, 0.3) is 0 Å². The van der Waals surface area contributed by atoms with Crippen LogP contribution in [-0.4, -0.2) is 20.5 Å². The van der Waals surface area contributed by atoms with Crippen molar-refractivity contribution in [3.8, 4) is 0 Å². The van der Waals surface area contributed by atoms with E-state index in [4.69, 9.17) is 23.2 Å². The van der Waals surface area contributed by atoms with Crippen molar-refractivity contribution in [3.05, 3.63) is 46.5 Å². The number of hydrogen-bond acceptors (Lipinski definition) is 3. The summed E-state index contributed by atoms with van der Waals surface area (Å²) < 4.78 is 1.41. The van der Waals surface area contributed by atoms with E-state index in [1.54, 1.807) is 12.1 Å². The summed E-state index contributed by atoms with van der Waals surface area (Å²) in [5.41, 5.74) is 0.455. The Kier molecular flexibility index (Phi) is 3.81. The second-order valence-corrected chi connectivity index (χ2v) is 4.89. The fraction of sp³-hybridized carbons (Fsp3) is 0.100. The van der Waals surface area contributed by atoms with Crippen LogP contribution in [0.15, 0.2) is 30.9 Å². The lowest BCUT2D eigenvalue weighted by Gasteiger charge is -2.09. The zero-order valence-corrected chi connectivity index (χ0v) is 11.4. The molecule has 1 unspecified atom stereocenters. The van der Waals surface area contributed by atoms with Gasteiger partial charge in [0.05, 0.1) is 10.0 Å². The lowest BCUT2D eigenvalue weighted by molar-refractivity contribution is 0.0965. The van der Waals surface area contributed by atoms with Gasteiger partial charge in [0.2, 0.25) is 0 Å². The van der Waals surface area contributed by atoms with Crippen molar-refractivity contribution >= 4 is 44.9 Å². The number of nitrogens with zero attached hydrogens (tertiary/aromatic N) is 3. The van der Waals surface area contributed by atoms with Gasteiger partial charge < -0.3 is 0 Å². The van der Waals surface area contributed by atoms with Crippen LogP contribution >= 0.6 is 39.1 Å². The molecule has 1 aromatic carbocycles. The van der Waals surface area contributed by atoms with E-state index in [2.05, 4.69) is 26.0 Å². The molecule has 1 atom stereocenters. The van der Waals surface area contributed by atoms with Crippen molar-refractivity contribution in [3.63, 3.8) is 0 Å². The van der Waals surface area contributed by atoms with E-state index in [0.29, 0.717) is 15.6 Å². The molecule has 4 nitrogen and oxygen atoms in total. The number of Topliss-reactive ketones (excluding diaryl/α,β-unsaturated/α-hetero) is 1. The van der Waals surface area contributed by atoms with Crippen LogP contribution in [0.3, 0.4) is 0 Å². The fourth-order valence-corrected chi connectivity index (χ4v) is 2.02. The molecule has 0 saturated heterocycles. The van der Waals surface area contributed by atoms with Crippen LogP contribution < -0.4 is 0 Å². The predicted octanol–water partition coefficient (Wildman–Crippen LogP) is 3.36.